The van der Waals surface area contributed by atoms with E-state index in [1.807, 2.05) is 56.3 Å². The monoisotopic (exact) mass is 430 g/mol. The number of nitrogens with zero attached hydrogens (tertiary/aromatic N) is 4. The molecule has 0 saturated carbocycles. The van der Waals surface area contributed by atoms with Crippen molar-refractivity contribution in [3.8, 4) is 0 Å². The van der Waals surface area contributed by atoms with Gasteiger partial charge >= 0.3 is 0 Å². The minimum atomic E-state index is -0.272. The lowest BCUT2D eigenvalue weighted by Crippen LogP contribution is -2.41. The van der Waals surface area contributed by atoms with E-state index in [-0.39, 0.29) is 16.7 Å². The average Bonchev–Trinajstić information content (AvgIpc) is 2.73. The molecule has 2 rings (SSSR count). The molecular weight excluding hydrogens is 396 g/mol. The minimum absolute atomic E-state index is 0.0826. The topological polar surface area (TPSA) is 58.4 Å². The fourth-order valence-electron chi connectivity index (χ4n) is 3.07. The second-order valence-corrected chi connectivity index (χ2v) is 8.89. The van der Waals surface area contributed by atoms with E-state index in [4.69, 9.17) is 0 Å². The highest BCUT2D eigenvalue weighted by atomic mass is 32.2. The summed E-state index contributed by atoms with van der Waals surface area (Å²) in [6.45, 7) is 6.09. The SMILES string of the molecule is CCCC(Sc1nc(CC)cc(=O)n1C)C(=O)N(CCN(C)C)Cc1ccccc1. The van der Waals surface area contributed by atoms with Crippen molar-refractivity contribution in [1.82, 2.24) is 19.4 Å². The zero-order valence-electron chi connectivity index (χ0n) is 18.8. The van der Waals surface area contributed by atoms with Gasteiger partial charge in [0.25, 0.3) is 5.56 Å². The molecule has 7 heteroatoms. The third-order valence-electron chi connectivity index (χ3n) is 4.93. The first-order chi connectivity index (χ1) is 14.3. The largest absolute Gasteiger partial charge is 0.336 e. The maximum Gasteiger partial charge on any atom is 0.254 e. The van der Waals surface area contributed by atoms with Crippen LogP contribution >= 0.6 is 11.8 Å². The van der Waals surface area contributed by atoms with E-state index in [1.165, 1.54) is 11.8 Å². The summed E-state index contributed by atoms with van der Waals surface area (Å²) in [5.41, 5.74) is 1.79. The van der Waals surface area contributed by atoms with Crippen LogP contribution in [-0.4, -0.2) is 57.7 Å². The van der Waals surface area contributed by atoms with Crippen molar-refractivity contribution in [3.05, 3.63) is 58.0 Å². The summed E-state index contributed by atoms with van der Waals surface area (Å²) in [4.78, 5) is 34.5. The summed E-state index contributed by atoms with van der Waals surface area (Å²) in [5, 5.41) is 0.338. The van der Waals surface area contributed by atoms with Crippen molar-refractivity contribution < 1.29 is 4.79 Å². The number of rotatable bonds is 11. The Morgan fingerprint density at radius 3 is 2.47 bits per heavy atom. The van der Waals surface area contributed by atoms with Crippen LogP contribution in [-0.2, 0) is 24.8 Å². The van der Waals surface area contributed by atoms with E-state index >= 15 is 0 Å². The van der Waals surface area contributed by atoms with Gasteiger partial charge in [-0.3, -0.25) is 14.2 Å². The first-order valence-electron chi connectivity index (χ1n) is 10.6. The molecule has 0 bridgehead atoms. The van der Waals surface area contributed by atoms with Crippen molar-refractivity contribution in [1.29, 1.82) is 0 Å². The van der Waals surface area contributed by atoms with Crippen LogP contribution in [0.3, 0.4) is 0 Å². The van der Waals surface area contributed by atoms with Gasteiger partial charge in [-0.25, -0.2) is 4.98 Å². The maximum atomic E-state index is 13.6. The third-order valence-corrected chi connectivity index (χ3v) is 6.23. The fourth-order valence-corrected chi connectivity index (χ4v) is 4.34. The molecule has 0 saturated heterocycles. The molecule has 1 unspecified atom stereocenters. The van der Waals surface area contributed by atoms with E-state index in [0.717, 1.165) is 30.6 Å². The molecule has 0 fully saturated rings. The molecule has 0 aliphatic carbocycles. The zero-order valence-corrected chi connectivity index (χ0v) is 19.6. The van der Waals surface area contributed by atoms with E-state index in [0.29, 0.717) is 24.7 Å². The van der Waals surface area contributed by atoms with Gasteiger partial charge in [-0.1, -0.05) is 62.4 Å². The molecule has 1 heterocycles. The highest BCUT2D eigenvalue weighted by molar-refractivity contribution is 8.00. The number of carbonyl (C=O) groups excluding carboxylic acids is 1. The standard InChI is InChI=1S/C23H34N4O2S/c1-6-11-20(30-23-24-19(7-2)16-21(28)26(23)5)22(29)27(15-14-25(3)4)17-18-12-9-8-10-13-18/h8-10,12-13,16,20H,6-7,11,14-15,17H2,1-5H3. The smallest absolute Gasteiger partial charge is 0.254 e. The maximum absolute atomic E-state index is 13.6. The normalized spacial score (nSPS) is 12.2. The summed E-state index contributed by atoms with van der Waals surface area (Å²) in [7, 11) is 5.75. The first-order valence-corrected chi connectivity index (χ1v) is 11.4. The van der Waals surface area contributed by atoms with Gasteiger partial charge in [0.2, 0.25) is 5.91 Å². The molecule has 1 atom stereocenters. The Morgan fingerprint density at radius 2 is 1.87 bits per heavy atom. The molecule has 2 aromatic rings. The molecule has 0 aliphatic heterocycles. The van der Waals surface area contributed by atoms with Crippen molar-refractivity contribution >= 4 is 17.7 Å². The lowest BCUT2D eigenvalue weighted by atomic mass is 10.1. The van der Waals surface area contributed by atoms with Crippen LogP contribution in [0.1, 0.15) is 37.9 Å². The average molecular weight is 431 g/mol. The van der Waals surface area contributed by atoms with Gasteiger partial charge in [0.1, 0.15) is 0 Å². The molecule has 1 aromatic heterocycles. The number of hydrogen-bond acceptors (Lipinski definition) is 5. The molecule has 1 amide bonds. The van der Waals surface area contributed by atoms with Crippen LogP contribution in [0.15, 0.2) is 46.3 Å². The number of thioether (sulfide) groups is 1. The van der Waals surface area contributed by atoms with E-state index < -0.39 is 0 Å². The van der Waals surface area contributed by atoms with Crippen LogP contribution in [0.2, 0.25) is 0 Å². The van der Waals surface area contributed by atoms with Crippen LogP contribution < -0.4 is 5.56 Å². The van der Waals surface area contributed by atoms with Crippen LogP contribution in [0.4, 0.5) is 0 Å². The van der Waals surface area contributed by atoms with Crippen LogP contribution in [0.25, 0.3) is 0 Å². The fraction of sp³-hybridized carbons (Fsp3) is 0.522. The Hall–Kier alpha value is -2.12. The molecule has 0 aliphatic rings. The van der Waals surface area contributed by atoms with Crippen molar-refractivity contribution in [2.24, 2.45) is 7.05 Å². The Bertz CT molecular complexity index is 867. The van der Waals surface area contributed by atoms with Gasteiger partial charge in [0.15, 0.2) is 5.16 Å². The molecule has 6 nitrogen and oxygen atoms in total. The molecule has 0 N–H and O–H groups in total. The van der Waals surface area contributed by atoms with Gasteiger partial charge in [0, 0.05) is 38.4 Å². The lowest BCUT2D eigenvalue weighted by molar-refractivity contribution is -0.131. The van der Waals surface area contributed by atoms with Crippen molar-refractivity contribution in [2.45, 2.75) is 50.1 Å². The van der Waals surface area contributed by atoms with Gasteiger partial charge in [-0.05, 0) is 32.5 Å². The molecule has 30 heavy (non-hydrogen) atoms. The van der Waals surface area contributed by atoms with Gasteiger partial charge < -0.3 is 9.80 Å². The summed E-state index contributed by atoms with van der Waals surface area (Å²) in [6.07, 6.45) is 2.32. The number of aryl methyl sites for hydroxylation is 1. The number of hydrogen-bond donors (Lipinski definition) is 0. The van der Waals surface area contributed by atoms with Crippen molar-refractivity contribution in [3.63, 3.8) is 0 Å². The summed E-state index contributed by atoms with van der Waals surface area (Å²) >= 11 is 1.41. The molecule has 0 radical (unpaired) electrons. The summed E-state index contributed by atoms with van der Waals surface area (Å²) in [5.74, 6) is 0.101. The van der Waals surface area contributed by atoms with E-state index in [2.05, 4.69) is 16.8 Å². The Morgan fingerprint density at radius 1 is 1.17 bits per heavy atom. The second-order valence-electron chi connectivity index (χ2n) is 7.72. The van der Waals surface area contributed by atoms with Gasteiger partial charge in [0.05, 0.1) is 5.25 Å². The van der Waals surface area contributed by atoms with E-state index in [1.54, 1.807) is 17.7 Å². The number of carbonyl (C=O) groups is 1. The minimum Gasteiger partial charge on any atom is -0.336 e. The molecular formula is C23H34N4O2S. The molecule has 0 spiro atoms. The highest BCUT2D eigenvalue weighted by Crippen LogP contribution is 2.26. The Balaban J connectivity index is 2.28. The third kappa shape index (κ3) is 6.99. The number of aromatic nitrogens is 2. The summed E-state index contributed by atoms with van der Waals surface area (Å²) in [6, 6.07) is 11.6. The zero-order chi connectivity index (χ0) is 22.1. The van der Waals surface area contributed by atoms with Gasteiger partial charge in [-0.2, -0.15) is 0 Å². The van der Waals surface area contributed by atoms with Gasteiger partial charge in [-0.15, -0.1) is 0 Å². The lowest BCUT2D eigenvalue weighted by Gasteiger charge is -2.28. The predicted octanol–water partition coefficient (Wildman–Crippen LogP) is 3.19. The first kappa shape index (κ1) is 24.2. The number of likely N-dealkylation sites (N-methyl/N-ethyl adjacent to an activating group) is 1. The Labute approximate surface area is 184 Å². The van der Waals surface area contributed by atoms with Crippen LogP contribution in [0, 0.1) is 0 Å². The van der Waals surface area contributed by atoms with Crippen molar-refractivity contribution in [2.75, 3.05) is 27.2 Å². The van der Waals surface area contributed by atoms with Crippen LogP contribution in [0.5, 0.6) is 0 Å². The highest BCUT2D eigenvalue weighted by Gasteiger charge is 2.26. The summed E-state index contributed by atoms with van der Waals surface area (Å²) < 4.78 is 1.54. The number of benzene rings is 1. The molecule has 1 aromatic carbocycles. The quantitative estimate of drug-likeness (QED) is 0.405. The van der Waals surface area contributed by atoms with E-state index in [9.17, 15) is 9.59 Å². The molecule has 164 valence electrons. The second kappa shape index (κ2) is 11.9. The predicted molar refractivity (Wildman–Crippen MR) is 124 cm³/mol. The number of amides is 1. The Kier molecular flexibility index (Phi) is 9.59.